The Kier molecular flexibility index (Phi) is 5.39. The van der Waals surface area contributed by atoms with Crippen molar-refractivity contribution < 1.29 is 9.84 Å². The van der Waals surface area contributed by atoms with Crippen LogP contribution >= 0.6 is 79.6 Å². The smallest absolute Gasteiger partial charge is 0.183 e. The number of aromatic hydroxyl groups is 1. The highest BCUT2D eigenvalue weighted by Gasteiger charge is 2.13. The van der Waals surface area contributed by atoms with Gasteiger partial charge in [0.15, 0.2) is 11.5 Å². The van der Waals surface area contributed by atoms with E-state index in [0.717, 1.165) is 17.9 Å². The molecule has 2 aromatic rings. The van der Waals surface area contributed by atoms with Gasteiger partial charge in [-0.15, -0.1) is 0 Å². The van der Waals surface area contributed by atoms with Gasteiger partial charge in [-0.05, 0) is 88.0 Å². The number of halogens is 5. The summed E-state index contributed by atoms with van der Waals surface area (Å²) in [5.74, 6) is 0.999. The van der Waals surface area contributed by atoms with E-state index in [4.69, 9.17) is 4.74 Å². The molecule has 0 unspecified atom stereocenters. The molecule has 0 heterocycles. The molecule has 0 saturated heterocycles. The normalized spacial score (nSPS) is 10.6. The van der Waals surface area contributed by atoms with E-state index in [1.165, 1.54) is 0 Å². The van der Waals surface area contributed by atoms with E-state index >= 15 is 0 Å². The predicted octanol–water partition coefficient (Wildman–Crippen LogP) is 7.00. The molecule has 19 heavy (non-hydrogen) atoms. The largest absolute Gasteiger partial charge is 0.504 e. The van der Waals surface area contributed by atoms with E-state index in [9.17, 15) is 5.11 Å². The van der Waals surface area contributed by atoms with Crippen LogP contribution in [0.5, 0.6) is 17.2 Å². The number of phenolic OH excluding ortho intramolecular Hbond substituents is 1. The van der Waals surface area contributed by atoms with Gasteiger partial charge in [0.25, 0.3) is 0 Å². The highest BCUT2D eigenvalue weighted by Crippen LogP contribution is 2.43. The molecule has 100 valence electrons. The van der Waals surface area contributed by atoms with Crippen LogP contribution < -0.4 is 4.74 Å². The van der Waals surface area contributed by atoms with Crippen molar-refractivity contribution in [3.05, 3.63) is 46.6 Å². The fraction of sp³-hybridized carbons (Fsp3) is 0. The van der Waals surface area contributed by atoms with Gasteiger partial charge in [-0.25, -0.2) is 0 Å². The molecule has 2 rings (SSSR count). The molecule has 0 aliphatic carbocycles. The highest BCUT2D eigenvalue weighted by atomic mass is 79.9. The second kappa shape index (κ2) is 6.47. The Hall–Kier alpha value is 0.440. The Labute approximate surface area is 152 Å². The van der Waals surface area contributed by atoms with Gasteiger partial charge >= 0.3 is 0 Å². The number of rotatable bonds is 2. The number of benzene rings is 2. The van der Waals surface area contributed by atoms with Crippen molar-refractivity contribution in [1.82, 2.24) is 0 Å². The Morgan fingerprint density at radius 1 is 0.737 bits per heavy atom. The number of hydrogen-bond acceptors (Lipinski definition) is 2. The fourth-order valence-corrected chi connectivity index (χ4v) is 4.02. The van der Waals surface area contributed by atoms with Crippen molar-refractivity contribution in [3.8, 4) is 17.2 Å². The average Bonchev–Trinajstić information content (AvgIpc) is 2.29. The molecule has 0 spiro atoms. The van der Waals surface area contributed by atoms with Crippen molar-refractivity contribution in [2.45, 2.75) is 0 Å². The minimum atomic E-state index is 0.0483. The first-order valence-electron chi connectivity index (χ1n) is 4.89. The van der Waals surface area contributed by atoms with Crippen LogP contribution in [0.3, 0.4) is 0 Å². The second-order valence-electron chi connectivity index (χ2n) is 3.53. The molecule has 0 radical (unpaired) electrons. The van der Waals surface area contributed by atoms with E-state index in [1.807, 2.05) is 12.1 Å². The summed E-state index contributed by atoms with van der Waals surface area (Å²) in [6, 6.07) is 7.05. The van der Waals surface area contributed by atoms with Gasteiger partial charge in [0.2, 0.25) is 0 Å². The minimum Gasteiger partial charge on any atom is -0.504 e. The first-order chi connectivity index (χ1) is 8.88. The zero-order valence-corrected chi connectivity index (χ0v) is 17.0. The molecule has 0 saturated carbocycles. The summed E-state index contributed by atoms with van der Waals surface area (Å²) in [4.78, 5) is 0. The first kappa shape index (κ1) is 15.8. The summed E-state index contributed by atoms with van der Waals surface area (Å²) in [7, 11) is 0. The number of ether oxygens (including phenoxy) is 1. The Bertz CT molecular complexity index is 619. The molecule has 1 N–H and O–H groups in total. The quantitative estimate of drug-likeness (QED) is 0.388. The van der Waals surface area contributed by atoms with E-state index in [2.05, 4.69) is 79.6 Å². The summed E-state index contributed by atoms with van der Waals surface area (Å²) in [5, 5.41) is 9.93. The third-order valence-corrected chi connectivity index (χ3v) is 5.69. The third kappa shape index (κ3) is 3.75. The Morgan fingerprint density at radius 2 is 1.37 bits per heavy atom. The average molecular weight is 581 g/mol. The summed E-state index contributed by atoms with van der Waals surface area (Å²) in [6.45, 7) is 0. The SMILES string of the molecule is Oc1cc(Br)cc(Br)c1Oc1cc(Br)c(Br)cc1Br. The van der Waals surface area contributed by atoms with Gasteiger partial charge in [0.05, 0.1) is 8.95 Å². The van der Waals surface area contributed by atoms with Crippen LogP contribution in [-0.2, 0) is 0 Å². The van der Waals surface area contributed by atoms with E-state index in [-0.39, 0.29) is 5.75 Å². The zero-order chi connectivity index (χ0) is 14.2. The van der Waals surface area contributed by atoms with E-state index < -0.39 is 0 Å². The highest BCUT2D eigenvalue weighted by molar-refractivity contribution is 9.13. The number of phenols is 1. The second-order valence-corrected chi connectivity index (χ2v) is 7.87. The number of hydrogen-bond donors (Lipinski definition) is 1. The van der Waals surface area contributed by atoms with E-state index in [1.54, 1.807) is 12.1 Å². The van der Waals surface area contributed by atoms with Crippen LogP contribution in [-0.4, -0.2) is 5.11 Å². The summed E-state index contributed by atoms with van der Waals surface area (Å²) >= 11 is 16.9. The van der Waals surface area contributed by atoms with Crippen molar-refractivity contribution in [2.24, 2.45) is 0 Å². The molecule has 0 aromatic heterocycles. The van der Waals surface area contributed by atoms with Crippen molar-refractivity contribution >= 4 is 79.6 Å². The molecule has 2 nitrogen and oxygen atoms in total. The maximum absolute atomic E-state index is 9.93. The molecule has 7 heteroatoms. The van der Waals surface area contributed by atoms with Crippen molar-refractivity contribution in [1.29, 1.82) is 0 Å². The molecule has 0 atom stereocenters. The van der Waals surface area contributed by atoms with Crippen LogP contribution in [0, 0.1) is 0 Å². The first-order valence-corrected chi connectivity index (χ1v) is 8.85. The molecular weight excluding hydrogens is 576 g/mol. The van der Waals surface area contributed by atoms with Gasteiger partial charge < -0.3 is 9.84 Å². The lowest BCUT2D eigenvalue weighted by Gasteiger charge is -2.12. The van der Waals surface area contributed by atoms with Crippen molar-refractivity contribution in [3.63, 3.8) is 0 Å². The molecule has 0 bridgehead atoms. The standard InChI is InChI=1S/C12H5Br5O2/c13-5-1-9(17)12(10(18)2-5)19-11-4-7(15)6(14)3-8(11)16/h1-4,18H. The predicted molar refractivity (Wildman–Crippen MR) is 93.1 cm³/mol. The van der Waals surface area contributed by atoms with Crippen LogP contribution in [0.4, 0.5) is 0 Å². The van der Waals surface area contributed by atoms with Gasteiger partial charge in [-0.2, -0.15) is 0 Å². The summed E-state index contributed by atoms with van der Waals surface area (Å²) in [5.41, 5.74) is 0. The molecule has 2 aromatic carbocycles. The van der Waals surface area contributed by atoms with Gasteiger partial charge in [0.1, 0.15) is 5.75 Å². The minimum absolute atomic E-state index is 0.0483. The van der Waals surface area contributed by atoms with Gasteiger partial charge in [-0.3, -0.25) is 0 Å². The Morgan fingerprint density at radius 3 is 2.00 bits per heavy atom. The molecule has 0 aliphatic rings. The maximum atomic E-state index is 9.93. The zero-order valence-electron chi connectivity index (χ0n) is 9.05. The monoisotopic (exact) mass is 576 g/mol. The summed E-state index contributed by atoms with van der Waals surface area (Å²) in [6.07, 6.45) is 0. The van der Waals surface area contributed by atoms with Gasteiger partial charge in [0, 0.05) is 13.4 Å². The third-order valence-electron chi connectivity index (χ3n) is 2.18. The molecule has 0 aliphatic heterocycles. The lowest BCUT2D eigenvalue weighted by molar-refractivity contribution is 0.407. The summed E-state index contributed by atoms with van der Waals surface area (Å²) < 4.78 is 9.71. The van der Waals surface area contributed by atoms with Crippen LogP contribution in [0.25, 0.3) is 0 Å². The maximum Gasteiger partial charge on any atom is 0.183 e. The van der Waals surface area contributed by atoms with E-state index in [0.29, 0.717) is 16.0 Å². The fourth-order valence-electron chi connectivity index (χ4n) is 1.34. The van der Waals surface area contributed by atoms with Gasteiger partial charge in [-0.1, -0.05) is 15.9 Å². The van der Waals surface area contributed by atoms with Crippen LogP contribution in [0.15, 0.2) is 46.6 Å². The van der Waals surface area contributed by atoms with Crippen LogP contribution in [0.1, 0.15) is 0 Å². The van der Waals surface area contributed by atoms with Crippen LogP contribution in [0.2, 0.25) is 0 Å². The Balaban J connectivity index is 2.45. The van der Waals surface area contributed by atoms with Crippen molar-refractivity contribution in [2.75, 3.05) is 0 Å². The molecule has 0 amide bonds. The molecule has 0 fully saturated rings. The topological polar surface area (TPSA) is 29.5 Å². The lowest BCUT2D eigenvalue weighted by atomic mass is 10.3. The molecular formula is C12H5Br5O2. The lowest BCUT2D eigenvalue weighted by Crippen LogP contribution is -1.89.